The Hall–Kier alpha value is -2.90. The molecule has 0 aliphatic carbocycles. The Bertz CT molecular complexity index is 1470. The lowest BCUT2D eigenvalue weighted by molar-refractivity contribution is -0.00521. The fraction of sp³-hybridized carbons (Fsp3) is 0.267. The van der Waals surface area contributed by atoms with Gasteiger partial charge in [0.15, 0.2) is 9.84 Å². The van der Waals surface area contributed by atoms with Crippen LogP contribution in [0.25, 0.3) is 4.91 Å². The summed E-state index contributed by atoms with van der Waals surface area (Å²) in [5, 5.41) is 2.60. The zero-order valence-electron chi connectivity index (χ0n) is 22.2. The van der Waals surface area contributed by atoms with Gasteiger partial charge in [-0.3, -0.25) is 9.74 Å². The van der Waals surface area contributed by atoms with Gasteiger partial charge >= 0.3 is 0 Å². The van der Waals surface area contributed by atoms with E-state index in [1.807, 2.05) is 69.3 Å². The van der Waals surface area contributed by atoms with Gasteiger partial charge in [0.25, 0.3) is 0 Å². The first-order valence-electron chi connectivity index (χ1n) is 12.3. The number of hydrogen-bond donors (Lipinski definition) is 0. The van der Waals surface area contributed by atoms with Crippen LogP contribution in [0.5, 0.6) is 0 Å². The molecular formula is C30H30Cl2N2O4S. The van der Waals surface area contributed by atoms with E-state index >= 15 is 0 Å². The second kappa shape index (κ2) is 11.7. The van der Waals surface area contributed by atoms with E-state index in [2.05, 4.69) is 4.90 Å². The quantitative estimate of drug-likeness (QED) is 0.216. The number of anilines is 1. The predicted octanol–water partition coefficient (Wildman–Crippen LogP) is 6.74. The van der Waals surface area contributed by atoms with Gasteiger partial charge in [-0.2, -0.15) is 0 Å². The Morgan fingerprint density at radius 2 is 1.51 bits per heavy atom. The van der Waals surface area contributed by atoms with E-state index in [0.717, 1.165) is 22.9 Å². The maximum atomic E-state index is 13.1. The van der Waals surface area contributed by atoms with Gasteiger partial charge in [-0.05, 0) is 79.4 Å². The predicted molar refractivity (Wildman–Crippen MR) is 158 cm³/mol. The number of rotatable bonds is 8. The zero-order chi connectivity index (χ0) is 28.4. The normalized spacial score (nSPS) is 14.1. The van der Waals surface area contributed by atoms with Gasteiger partial charge in [0.05, 0.1) is 22.2 Å². The molecule has 3 aromatic rings. The summed E-state index contributed by atoms with van der Waals surface area (Å²) < 4.78 is 26.1. The second-order valence-electron chi connectivity index (χ2n) is 10.4. The molecule has 204 valence electrons. The Labute approximate surface area is 240 Å². The summed E-state index contributed by atoms with van der Waals surface area (Å²) in [4.78, 5) is 19.5. The third-order valence-corrected chi connectivity index (χ3v) is 7.89. The van der Waals surface area contributed by atoms with Gasteiger partial charge in [-0.25, -0.2) is 18.3 Å². The van der Waals surface area contributed by atoms with Crippen molar-refractivity contribution < 1.29 is 18.0 Å². The molecule has 1 saturated heterocycles. The van der Waals surface area contributed by atoms with Crippen LogP contribution >= 0.6 is 23.2 Å². The highest BCUT2D eigenvalue weighted by molar-refractivity contribution is 8.00. The third-order valence-electron chi connectivity index (χ3n) is 6.12. The highest BCUT2D eigenvalue weighted by Gasteiger charge is 2.35. The summed E-state index contributed by atoms with van der Waals surface area (Å²) in [6, 6.07) is 22.2. The molecule has 3 aromatic carbocycles. The number of halogens is 2. The Morgan fingerprint density at radius 1 is 0.974 bits per heavy atom. The van der Waals surface area contributed by atoms with Gasteiger partial charge in [-0.15, -0.1) is 0 Å². The zero-order valence-corrected chi connectivity index (χ0v) is 24.5. The van der Waals surface area contributed by atoms with Crippen LogP contribution in [-0.4, -0.2) is 44.2 Å². The molecule has 9 heteroatoms. The molecule has 0 saturated carbocycles. The summed E-state index contributed by atoms with van der Waals surface area (Å²) in [5.74, 6) is 1.74. The van der Waals surface area contributed by atoms with Crippen LogP contribution in [0.1, 0.15) is 43.5 Å². The van der Waals surface area contributed by atoms with Crippen molar-refractivity contribution in [2.24, 2.45) is 0 Å². The lowest BCUT2D eigenvalue weighted by atomic mass is 9.92. The van der Waals surface area contributed by atoms with Crippen LogP contribution in [0.4, 0.5) is 5.69 Å². The standard InChI is InChI=1S/C30H30Cl2N2O4S/c1-30(2,3)38-34(16-17-35)27-7-5-6-23(18-27)29(39(4,36)37)24-19-33(20-24)28(21-8-12-25(31)13-9-21)22-10-14-26(32)15-11-22/h5-16,18,28H,19-20H2,1-4H3. The number of carbonyl (C=O) groups excluding carboxylic acids is 1. The molecule has 0 aromatic heterocycles. The largest absolute Gasteiger partial charge is 0.284 e. The molecule has 4 rings (SSSR count). The molecule has 0 atom stereocenters. The highest BCUT2D eigenvalue weighted by atomic mass is 35.5. The van der Waals surface area contributed by atoms with Crippen molar-refractivity contribution in [1.29, 1.82) is 0 Å². The first-order valence-corrected chi connectivity index (χ1v) is 15.0. The molecule has 39 heavy (non-hydrogen) atoms. The Morgan fingerprint density at radius 3 is 1.97 bits per heavy atom. The lowest BCUT2D eigenvalue weighted by Crippen LogP contribution is -2.44. The van der Waals surface area contributed by atoms with Crippen LogP contribution in [-0.2, 0) is 19.5 Å². The minimum absolute atomic E-state index is 0.108. The molecular weight excluding hydrogens is 555 g/mol. The number of likely N-dealkylation sites (tertiary alicyclic amines) is 1. The average Bonchev–Trinajstić information content (AvgIpc) is 2.83. The molecule has 1 aliphatic rings. The number of hydroxylamine groups is 1. The first kappa shape index (κ1) is 29.1. The monoisotopic (exact) mass is 584 g/mol. The molecule has 1 fully saturated rings. The lowest BCUT2D eigenvalue weighted by Gasteiger charge is -2.42. The molecule has 0 N–H and O–H groups in total. The first-order chi connectivity index (χ1) is 18.4. The molecule has 0 amide bonds. The molecule has 0 radical (unpaired) electrons. The number of sulfone groups is 1. The fourth-order valence-corrected chi connectivity index (χ4v) is 6.10. The van der Waals surface area contributed by atoms with Crippen LogP contribution in [0.3, 0.4) is 0 Å². The Kier molecular flexibility index (Phi) is 8.72. The maximum Gasteiger partial charge on any atom is 0.176 e. The summed E-state index contributed by atoms with van der Waals surface area (Å²) in [6.45, 7) is 6.48. The average molecular weight is 586 g/mol. The topological polar surface area (TPSA) is 66.9 Å². The number of benzene rings is 3. The minimum Gasteiger partial charge on any atom is -0.284 e. The van der Waals surface area contributed by atoms with Crippen LogP contribution in [0.15, 0.2) is 84.6 Å². The summed E-state index contributed by atoms with van der Waals surface area (Å²) in [6.07, 6.45) is 2.36. The van der Waals surface area contributed by atoms with E-state index in [1.165, 1.54) is 11.3 Å². The van der Waals surface area contributed by atoms with Crippen molar-refractivity contribution >= 4 is 49.6 Å². The summed E-state index contributed by atoms with van der Waals surface area (Å²) >= 11 is 12.3. The number of nitrogens with zero attached hydrogens (tertiary/aromatic N) is 2. The van der Waals surface area contributed by atoms with Crippen molar-refractivity contribution in [2.75, 3.05) is 24.4 Å². The summed E-state index contributed by atoms with van der Waals surface area (Å²) in [7, 11) is -3.59. The van der Waals surface area contributed by atoms with Crippen molar-refractivity contribution in [3.63, 3.8) is 0 Å². The number of hydrogen-bond acceptors (Lipinski definition) is 6. The maximum absolute atomic E-state index is 13.1. The van der Waals surface area contributed by atoms with E-state index in [0.29, 0.717) is 34.4 Å². The minimum atomic E-state index is -3.59. The van der Waals surface area contributed by atoms with Gasteiger partial charge in [0, 0.05) is 29.4 Å². The fourth-order valence-electron chi connectivity index (χ4n) is 4.64. The van der Waals surface area contributed by atoms with Crippen LogP contribution < -0.4 is 5.06 Å². The van der Waals surface area contributed by atoms with E-state index in [-0.39, 0.29) is 10.9 Å². The van der Waals surface area contributed by atoms with Crippen LogP contribution in [0, 0.1) is 0 Å². The van der Waals surface area contributed by atoms with Crippen molar-refractivity contribution in [1.82, 2.24) is 4.90 Å². The van der Waals surface area contributed by atoms with Gasteiger partial charge in [-0.1, -0.05) is 59.6 Å². The SMILES string of the molecule is CC(C)(C)ON(C=C=O)c1cccc(C(=C2CN(C(c3ccc(Cl)cc3)c3ccc(Cl)cc3)C2)S(C)(=O)=O)c1. The molecule has 1 heterocycles. The van der Waals surface area contributed by atoms with Gasteiger partial charge in [0.2, 0.25) is 0 Å². The van der Waals surface area contributed by atoms with E-state index < -0.39 is 15.4 Å². The second-order valence-corrected chi connectivity index (χ2v) is 13.3. The van der Waals surface area contributed by atoms with Gasteiger partial charge in [0.1, 0.15) is 12.1 Å². The van der Waals surface area contributed by atoms with E-state index in [9.17, 15) is 13.2 Å². The highest BCUT2D eigenvalue weighted by Crippen LogP contribution is 2.39. The molecule has 6 nitrogen and oxygen atoms in total. The van der Waals surface area contributed by atoms with E-state index in [1.54, 1.807) is 30.2 Å². The van der Waals surface area contributed by atoms with Crippen LogP contribution in [0.2, 0.25) is 10.0 Å². The smallest absolute Gasteiger partial charge is 0.176 e. The van der Waals surface area contributed by atoms with Crippen molar-refractivity contribution in [3.8, 4) is 0 Å². The van der Waals surface area contributed by atoms with Gasteiger partial charge < -0.3 is 0 Å². The Balaban J connectivity index is 1.71. The molecule has 0 unspecified atom stereocenters. The van der Waals surface area contributed by atoms with Crippen molar-refractivity contribution in [3.05, 3.63) is 111 Å². The molecule has 1 aliphatic heterocycles. The third kappa shape index (κ3) is 7.20. The van der Waals surface area contributed by atoms with Crippen molar-refractivity contribution in [2.45, 2.75) is 32.4 Å². The molecule has 0 bridgehead atoms. The molecule has 0 spiro atoms. The van der Waals surface area contributed by atoms with E-state index in [4.69, 9.17) is 28.0 Å². The summed E-state index contributed by atoms with van der Waals surface area (Å²) in [5.41, 5.74) is 3.34.